The number of rotatable bonds is 4. The zero-order chi connectivity index (χ0) is 33.5. The molecule has 0 unspecified atom stereocenters. The summed E-state index contributed by atoms with van der Waals surface area (Å²) in [7, 11) is 0. The average Bonchev–Trinajstić information content (AvgIpc) is 3.87. The van der Waals surface area contributed by atoms with Gasteiger partial charge in [-0.25, -0.2) is 4.98 Å². The topological polar surface area (TPSA) is 82.8 Å². The lowest BCUT2D eigenvalue weighted by atomic mass is 9.98. The van der Waals surface area contributed by atoms with Crippen molar-refractivity contribution < 1.29 is 8.83 Å². The van der Waals surface area contributed by atoms with Crippen LogP contribution >= 0.6 is 0 Å². The fourth-order valence-electron chi connectivity index (χ4n) is 7.46. The first-order valence-corrected chi connectivity index (χ1v) is 16.8. The van der Waals surface area contributed by atoms with Gasteiger partial charge in [-0.15, -0.1) is 0 Å². The van der Waals surface area contributed by atoms with Gasteiger partial charge in [-0.3, -0.25) is 9.55 Å². The zero-order valence-electron chi connectivity index (χ0n) is 27.0. The Morgan fingerprint density at radius 3 is 1.90 bits per heavy atom. The molecule has 0 spiro atoms. The summed E-state index contributed by atoms with van der Waals surface area (Å²) in [5.41, 5.74) is 9.13. The van der Waals surface area contributed by atoms with Crippen LogP contribution in [0.25, 0.3) is 106 Å². The van der Waals surface area contributed by atoms with E-state index in [9.17, 15) is 0 Å². The summed E-state index contributed by atoms with van der Waals surface area (Å²) in [6.45, 7) is 0. The summed E-state index contributed by atoms with van der Waals surface area (Å²) in [6.07, 6.45) is 3.58. The summed E-state index contributed by atoms with van der Waals surface area (Å²) in [4.78, 5) is 19.8. The van der Waals surface area contributed by atoms with E-state index >= 15 is 0 Å². The van der Waals surface area contributed by atoms with Crippen LogP contribution in [-0.4, -0.2) is 24.5 Å². The predicted molar refractivity (Wildman–Crippen MR) is 203 cm³/mol. The molecule has 11 rings (SSSR count). The Bertz CT molecular complexity index is 3120. The molecule has 0 amide bonds. The summed E-state index contributed by atoms with van der Waals surface area (Å²) in [5.74, 6) is 1.65. The molecule has 7 heteroatoms. The molecule has 0 aliphatic rings. The van der Waals surface area contributed by atoms with Crippen LogP contribution in [0.5, 0.6) is 0 Å². The molecule has 0 radical (unpaired) electrons. The summed E-state index contributed by atoms with van der Waals surface area (Å²) < 4.78 is 14.6. The van der Waals surface area contributed by atoms with Gasteiger partial charge in [0.25, 0.3) is 0 Å². The van der Waals surface area contributed by atoms with Gasteiger partial charge in [0.15, 0.2) is 11.6 Å². The second-order valence-corrected chi connectivity index (χ2v) is 12.7. The molecule has 11 aromatic rings. The molecule has 238 valence electrons. The molecule has 6 aromatic carbocycles. The fraction of sp³-hybridized carbons (Fsp3) is 0. The molecule has 0 fully saturated rings. The van der Waals surface area contributed by atoms with Gasteiger partial charge >= 0.3 is 0 Å². The molecule has 5 heterocycles. The van der Waals surface area contributed by atoms with E-state index < -0.39 is 0 Å². The minimum Gasteiger partial charge on any atom is -0.456 e. The fourth-order valence-corrected chi connectivity index (χ4v) is 7.46. The standard InChI is InChI=1S/C44H25N5O2/c1-4-15-35-30(11-1)31-12-2-5-16-36(31)49(35)44-47-42(46-43(48-44)28-19-20-32-34-25-45-22-21-38(34)51-40(32)24-28)27-10-7-9-26(23-27)29-14-8-18-39-41(29)33-13-3-6-17-37(33)50-39/h1-25H. The SMILES string of the molecule is c1cc(-c2nc(-c3ccc4c(c3)oc3ccncc34)nc(-n3c4ccccc4c4ccccc43)n2)cc(-c2cccc3oc4ccccc4c23)c1. The van der Waals surface area contributed by atoms with E-state index in [-0.39, 0.29) is 0 Å². The predicted octanol–water partition coefficient (Wildman–Crippen LogP) is 11.2. The van der Waals surface area contributed by atoms with E-state index in [4.69, 9.17) is 23.8 Å². The van der Waals surface area contributed by atoms with Crippen molar-refractivity contribution >= 4 is 65.7 Å². The summed E-state index contributed by atoms with van der Waals surface area (Å²) in [5, 5.41) is 6.40. The van der Waals surface area contributed by atoms with Crippen LogP contribution in [0.1, 0.15) is 0 Å². The normalized spacial score (nSPS) is 11.9. The first kappa shape index (κ1) is 27.8. The van der Waals surface area contributed by atoms with Crippen LogP contribution in [-0.2, 0) is 0 Å². The van der Waals surface area contributed by atoms with Gasteiger partial charge < -0.3 is 8.83 Å². The van der Waals surface area contributed by atoms with Gasteiger partial charge in [0, 0.05) is 55.8 Å². The number of aromatic nitrogens is 5. The second-order valence-electron chi connectivity index (χ2n) is 12.7. The molecule has 0 N–H and O–H groups in total. The molecule has 5 aromatic heterocycles. The van der Waals surface area contributed by atoms with E-state index in [1.54, 1.807) is 6.20 Å². The smallest absolute Gasteiger partial charge is 0.238 e. The van der Waals surface area contributed by atoms with Crippen molar-refractivity contribution in [2.24, 2.45) is 0 Å². The zero-order valence-corrected chi connectivity index (χ0v) is 27.0. The Morgan fingerprint density at radius 1 is 0.431 bits per heavy atom. The lowest BCUT2D eigenvalue weighted by molar-refractivity contribution is 0.668. The molecule has 0 atom stereocenters. The third-order valence-corrected chi connectivity index (χ3v) is 9.77. The van der Waals surface area contributed by atoms with Crippen molar-refractivity contribution in [1.29, 1.82) is 0 Å². The Labute approximate surface area is 290 Å². The summed E-state index contributed by atoms with van der Waals surface area (Å²) >= 11 is 0. The minimum atomic E-state index is 0.537. The second kappa shape index (κ2) is 10.7. The number of nitrogens with zero attached hydrogens (tertiary/aromatic N) is 5. The highest BCUT2D eigenvalue weighted by Crippen LogP contribution is 2.38. The number of hydrogen-bond donors (Lipinski definition) is 0. The highest BCUT2D eigenvalue weighted by atomic mass is 16.3. The Hall–Kier alpha value is -7.12. The van der Waals surface area contributed by atoms with Crippen molar-refractivity contribution in [2.75, 3.05) is 0 Å². The number of fused-ring (bicyclic) bond motifs is 9. The van der Waals surface area contributed by atoms with Crippen LogP contribution in [0.15, 0.2) is 161 Å². The molecule has 0 bridgehead atoms. The largest absolute Gasteiger partial charge is 0.456 e. The molecular formula is C44H25N5O2. The van der Waals surface area contributed by atoms with Gasteiger partial charge in [0.2, 0.25) is 5.95 Å². The van der Waals surface area contributed by atoms with Crippen LogP contribution in [0.4, 0.5) is 0 Å². The summed E-state index contributed by atoms with van der Waals surface area (Å²) in [6, 6.07) is 47.5. The van der Waals surface area contributed by atoms with E-state index in [0.717, 1.165) is 87.9 Å². The Kier molecular flexibility index (Phi) is 5.83. The van der Waals surface area contributed by atoms with Crippen LogP contribution in [0.2, 0.25) is 0 Å². The number of benzene rings is 6. The molecule has 7 nitrogen and oxygen atoms in total. The van der Waals surface area contributed by atoms with Gasteiger partial charge in [-0.1, -0.05) is 91.0 Å². The lowest BCUT2D eigenvalue weighted by Gasteiger charge is -2.12. The first-order valence-electron chi connectivity index (χ1n) is 16.8. The van der Waals surface area contributed by atoms with Crippen molar-refractivity contribution in [3.8, 4) is 39.9 Å². The van der Waals surface area contributed by atoms with Gasteiger partial charge in [0.1, 0.15) is 22.3 Å². The van der Waals surface area contributed by atoms with Gasteiger partial charge in [0.05, 0.1) is 11.0 Å². The highest BCUT2D eigenvalue weighted by Gasteiger charge is 2.19. The van der Waals surface area contributed by atoms with Crippen molar-refractivity contribution in [3.63, 3.8) is 0 Å². The number of pyridine rings is 1. The van der Waals surface area contributed by atoms with E-state index in [0.29, 0.717) is 17.6 Å². The molecule has 0 aliphatic heterocycles. The molecular weight excluding hydrogens is 631 g/mol. The maximum absolute atomic E-state index is 6.25. The first-order chi connectivity index (χ1) is 25.3. The third-order valence-electron chi connectivity index (χ3n) is 9.77. The molecule has 0 saturated heterocycles. The van der Waals surface area contributed by atoms with Crippen LogP contribution in [0, 0.1) is 0 Å². The van der Waals surface area contributed by atoms with Gasteiger partial charge in [-0.05, 0) is 59.7 Å². The monoisotopic (exact) mass is 655 g/mol. The average molecular weight is 656 g/mol. The highest BCUT2D eigenvalue weighted by molar-refractivity contribution is 6.13. The Balaban J connectivity index is 1.15. The van der Waals surface area contributed by atoms with Gasteiger partial charge in [-0.2, -0.15) is 9.97 Å². The maximum Gasteiger partial charge on any atom is 0.238 e. The molecule has 51 heavy (non-hydrogen) atoms. The third kappa shape index (κ3) is 4.25. The van der Waals surface area contributed by atoms with Crippen molar-refractivity contribution in [3.05, 3.63) is 152 Å². The minimum absolute atomic E-state index is 0.537. The Morgan fingerprint density at radius 2 is 1.08 bits per heavy atom. The van der Waals surface area contributed by atoms with Crippen molar-refractivity contribution in [2.45, 2.75) is 0 Å². The quantitative estimate of drug-likeness (QED) is 0.188. The van der Waals surface area contributed by atoms with Crippen LogP contribution < -0.4 is 0 Å². The number of furan rings is 2. The van der Waals surface area contributed by atoms with Crippen molar-refractivity contribution in [1.82, 2.24) is 24.5 Å². The lowest BCUT2D eigenvalue weighted by Crippen LogP contribution is -2.06. The molecule has 0 aliphatic carbocycles. The van der Waals surface area contributed by atoms with E-state index in [1.807, 2.05) is 54.7 Å². The number of para-hydroxylation sites is 3. The number of hydrogen-bond acceptors (Lipinski definition) is 6. The molecule has 0 saturated carbocycles. The van der Waals surface area contributed by atoms with E-state index in [1.165, 1.54) is 0 Å². The van der Waals surface area contributed by atoms with Crippen LogP contribution in [0.3, 0.4) is 0 Å². The van der Waals surface area contributed by atoms with E-state index in [2.05, 4.69) is 101 Å². The maximum atomic E-state index is 6.25.